The van der Waals surface area contributed by atoms with Gasteiger partial charge in [0, 0.05) is 33.6 Å². The molecule has 0 atom stereocenters. The van der Waals surface area contributed by atoms with Crippen LogP contribution in [0.15, 0.2) is 188 Å². The first-order chi connectivity index (χ1) is 27.1. The SMILES string of the molecule is O=P1(Oc2ccc(-c3nc(-c4ccccc4)c(N(c4ccccc4)c4ccccc4)s3)cc2)Oc2ccc3ccccc3c2-c2c(ccc3ccccc23)O1. The number of fused-ring (bicyclic) bond motifs is 7. The van der Waals surface area contributed by atoms with Crippen LogP contribution in [0.25, 0.3) is 54.5 Å². The minimum atomic E-state index is -4.23. The number of phosphoric ester groups is 1. The molecule has 55 heavy (non-hydrogen) atoms. The number of aromatic nitrogens is 1. The lowest BCUT2D eigenvalue weighted by molar-refractivity contribution is 0.302. The zero-order valence-electron chi connectivity index (χ0n) is 29.3. The summed E-state index contributed by atoms with van der Waals surface area (Å²) in [6, 6.07) is 62.1. The van der Waals surface area contributed by atoms with E-state index in [0.717, 1.165) is 70.9 Å². The lowest BCUT2D eigenvalue weighted by Gasteiger charge is -2.24. The Hall–Kier alpha value is -6.66. The van der Waals surface area contributed by atoms with Crippen molar-refractivity contribution in [3.63, 3.8) is 0 Å². The van der Waals surface area contributed by atoms with E-state index in [-0.39, 0.29) is 0 Å². The van der Waals surface area contributed by atoms with Gasteiger partial charge in [0.25, 0.3) is 0 Å². The number of phosphoric acid groups is 1. The van der Waals surface area contributed by atoms with Crippen LogP contribution < -0.4 is 18.5 Å². The zero-order valence-corrected chi connectivity index (χ0v) is 31.0. The molecule has 10 rings (SSSR count). The van der Waals surface area contributed by atoms with Gasteiger partial charge in [-0.15, -0.1) is 0 Å². The van der Waals surface area contributed by atoms with Crippen LogP contribution in [0.5, 0.6) is 17.2 Å². The fraction of sp³-hybridized carbons (Fsp3) is 0. The standard InChI is InChI=1S/C47H31N2O4PS/c50-54(52-41-30-26-32-14-10-12-22-39(32)43(41)44-40-23-13-11-15-33(40)27-31-42(44)53-54)51-38-28-24-35(25-29-38)46-48-45(34-16-4-1-5-17-34)47(55-46)49(36-18-6-2-7-19-36)37-20-8-3-9-21-37/h1-31H. The number of para-hydroxylation sites is 2. The maximum atomic E-state index is 14.6. The molecule has 0 saturated carbocycles. The van der Waals surface area contributed by atoms with E-state index in [1.807, 2.05) is 127 Å². The van der Waals surface area contributed by atoms with Crippen LogP contribution in [0.2, 0.25) is 0 Å². The average molecular weight is 751 g/mol. The van der Waals surface area contributed by atoms with Crippen LogP contribution in [-0.2, 0) is 4.57 Å². The third-order valence-corrected chi connectivity index (χ3v) is 12.0. The van der Waals surface area contributed by atoms with Crippen LogP contribution in [0, 0.1) is 0 Å². The van der Waals surface area contributed by atoms with E-state index in [0.29, 0.717) is 17.2 Å². The summed E-state index contributed by atoms with van der Waals surface area (Å²) in [6.45, 7) is 0. The van der Waals surface area contributed by atoms with E-state index >= 15 is 0 Å². The molecule has 6 nitrogen and oxygen atoms in total. The van der Waals surface area contributed by atoms with E-state index < -0.39 is 7.82 Å². The van der Waals surface area contributed by atoms with Gasteiger partial charge in [-0.25, -0.2) is 4.98 Å². The van der Waals surface area contributed by atoms with Gasteiger partial charge in [-0.1, -0.05) is 139 Å². The molecule has 0 radical (unpaired) electrons. The lowest BCUT2D eigenvalue weighted by Crippen LogP contribution is -2.09. The smallest absolute Gasteiger partial charge is 0.386 e. The van der Waals surface area contributed by atoms with Gasteiger partial charge in [0.15, 0.2) is 0 Å². The monoisotopic (exact) mass is 750 g/mol. The van der Waals surface area contributed by atoms with E-state index in [1.165, 1.54) is 0 Å². The highest BCUT2D eigenvalue weighted by molar-refractivity contribution is 7.49. The first kappa shape index (κ1) is 32.9. The summed E-state index contributed by atoms with van der Waals surface area (Å²) in [5.41, 5.74) is 6.46. The van der Waals surface area contributed by atoms with Gasteiger partial charge in [-0.3, -0.25) is 0 Å². The maximum absolute atomic E-state index is 14.6. The molecule has 0 aliphatic carbocycles. The van der Waals surface area contributed by atoms with Crippen LogP contribution in [-0.4, -0.2) is 4.98 Å². The van der Waals surface area contributed by atoms with Crippen LogP contribution >= 0.6 is 19.2 Å². The van der Waals surface area contributed by atoms with Gasteiger partial charge in [0.2, 0.25) is 0 Å². The van der Waals surface area contributed by atoms with Crippen molar-refractivity contribution < 1.29 is 18.1 Å². The van der Waals surface area contributed by atoms with Crippen molar-refractivity contribution in [2.24, 2.45) is 0 Å². The largest absolute Gasteiger partial charge is 0.647 e. The second-order valence-electron chi connectivity index (χ2n) is 13.1. The van der Waals surface area contributed by atoms with Gasteiger partial charge in [-0.2, -0.15) is 4.57 Å². The predicted octanol–water partition coefficient (Wildman–Crippen LogP) is 13.9. The Labute approximate surface area is 322 Å². The molecule has 2 heterocycles. The fourth-order valence-corrected chi connectivity index (χ4v) is 9.58. The molecular formula is C47H31N2O4PS. The molecule has 0 saturated heterocycles. The molecule has 1 aliphatic rings. The molecule has 1 aliphatic heterocycles. The summed E-state index contributed by atoms with van der Waals surface area (Å²) >= 11 is 1.60. The third-order valence-electron chi connectivity index (χ3n) is 9.66. The summed E-state index contributed by atoms with van der Waals surface area (Å²) < 4.78 is 33.4. The molecule has 0 spiro atoms. The molecule has 0 unspecified atom stereocenters. The van der Waals surface area contributed by atoms with Crippen molar-refractivity contribution >= 4 is 57.1 Å². The van der Waals surface area contributed by atoms with Gasteiger partial charge in [-0.05, 0) is 82.2 Å². The number of hydrogen-bond donors (Lipinski definition) is 0. The molecule has 8 aromatic carbocycles. The minimum absolute atomic E-state index is 0.342. The summed E-state index contributed by atoms with van der Waals surface area (Å²) in [5.74, 6) is 1.20. The van der Waals surface area contributed by atoms with Gasteiger partial charge >= 0.3 is 7.82 Å². The Morgan fingerprint density at radius 2 is 1.00 bits per heavy atom. The number of benzene rings is 8. The highest BCUT2D eigenvalue weighted by atomic mass is 32.1. The number of rotatable bonds is 7. The predicted molar refractivity (Wildman–Crippen MR) is 224 cm³/mol. The van der Waals surface area contributed by atoms with Crippen molar-refractivity contribution in [1.29, 1.82) is 0 Å². The second kappa shape index (κ2) is 13.6. The fourth-order valence-electron chi connectivity index (χ4n) is 7.16. The molecule has 0 amide bonds. The first-order valence-corrected chi connectivity index (χ1v) is 20.2. The summed E-state index contributed by atoms with van der Waals surface area (Å²) in [6.07, 6.45) is 0. The highest BCUT2D eigenvalue weighted by Gasteiger charge is 2.39. The van der Waals surface area contributed by atoms with Crippen molar-refractivity contribution in [2.45, 2.75) is 0 Å². The highest BCUT2D eigenvalue weighted by Crippen LogP contribution is 2.59. The molecule has 0 fully saturated rings. The van der Waals surface area contributed by atoms with E-state index in [2.05, 4.69) is 53.4 Å². The van der Waals surface area contributed by atoms with Crippen molar-refractivity contribution in [3.05, 3.63) is 188 Å². The van der Waals surface area contributed by atoms with Crippen molar-refractivity contribution in [2.75, 3.05) is 4.90 Å². The zero-order chi connectivity index (χ0) is 36.8. The topological polar surface area (TPSA) is 60.9 Å². The summed E-state index contributed by atoms with van der Waals surface area (Å²) in [7, 11) is -4.23. The molecule has 1 aromatic heterocycles. The van der Waals surface area contributed by atoms with Crippen molar-refractivity contribution in [3.8, 4) is 50.2 Å². The molecular weight excluding hydrogens is 720 g/mol. The Bertz CT molecular complexity index is 2750. The molecule has 0 N–H and O–H groups in total. The quantitative estimate of drug-likeness (QED) is 0.151. The van der Waals surface area contributed by atoms with Crippen LogP contribution in [0.3, 0.4) is 0 Å². The Morgan fingerprint density at radius 1 is 0.509 bits per heavy atom. The number of hydrogen-bond acceptors (Lipinski definition) is 7. The maximum Gasteiger partial charge on any atom is 0.647 e. The number of thiazole rings is 1. The van der Waals surface area contributed by atoms with Crippen LogP contribution in [0.4, 0.5) is 16.4 Å². The molecule has 264 valence electrons. The second-order valence-corrected chi connectivity index (χ2v) is 15.5. The Morgan fingerprint density at radius 3 is 1.55 bits per heavy atom. The summed E-state index contributed by atoms with van der Waals surface area (Å²) in [5, 5.41) is 5.82. The Kier molecular flexibility index (Phi) is 8.17. The summed E-state index contributed by atoms with van der Waals surface area (Å²) in [4.78, 5) is 7.47. The van der Waals surface area contributed by atoms with Gasteiger partial charge < -0.3 is 18.5 Å². The number of anilines is 3. The third kappa shape index (κ3) is 6.10. The van der Waals surface area contributed by atoms with Crippen molar-refractivity contribution in [1.82, 2.24) is 4.98 Å². The Balaban J connectivity index is 1.03. The van der Waals surface area contributed by atoms with E-state index in [4.69, 9.17) is 18.6 Å². The minimum Gasteiger partial charge on any atom is -0.386 e. The molecule has 0 bridgehead atoms. The van der Waals surface area contributed by atoms with Gasteiger partial charge in [0.05, 0.1) is 0 Å². The normalized spacial score (nSPS) is 12.9. The van der Waals surface area contributed by atoms with Crippen LogP contribution in [0.1, 0.15) is 0 Å². The van der Waals surface area contributed by atoms with E-state index in [1.54, 1.807) is 23.5 Å². The first-order valence-electron chi connectivity index (χ1n) is 17.9. The molecule has 9 aromatic rings. The van der Waals surface area contributed by atoms with Gasteiger partial charge in [0.1, 0.15) is 33.0 Å². The average Bonchev–Trinajstić information content (AvgIpc) is 3.61. The lowest BCUT2D eigenvalue weighted by atomic mass is 9.92. The number of nitrogens with zero attached hydrogens (tertiary/aromatic N) is 2. The molecule has 8 heteroatoms. The van der Waals surface area contributed by atoms with E-state index in [9.17, 15) is 4.57 Å².